The molecule has 1 atom stereocenters. The van der Waals surface area contributed by atoms with Crippen LogP contribution < -0.4 is 15.4 Å². The Kier molecular flexibility index (Phi) is 5.45. The van der Waals surface area contributed by atoms with Crippen molar-refractivity contribution in [3.63, 3.8) is 0 Å². The van der Waals surface area contributed by atoms with Crippen molar-refractivity contribution in [1.82, 2.24) is 9.97 Å². The van der Waals surface area contributed by atoms with E-state index in [-0.39, 0.29) is 24.8 Å². The van der Waals surface area contributed by atoms with Gasteiger partial charge < -0.3 is 20.5 Å². The molecule has 0 saturated heterocycles. The molecule has 3 N–H and O–H groups in total. The average molecular weight is 342 g/mol. The predicted molar refractivity (Wildman–Crippen MR) is 82.7 cm³/mol. The maximum Gasteiger partial charge on any atom is 0.416 e. The van der Waals surface area contributed by atoms with Gasteiger partial charge in [-0.05, 0) is 30.3 Å². The van der Waals surface area contributed by atoms with E-state index in [0.29, 0.717) is 5.82 Å². The molecule has 0 spiro atoms. The molecule has 1 aromatic carbocycles. The summed E-state index contributed by atoms with van der Waals surface area (Å²) in [5.74, 6) is 0.905. The standard InChI is InChI=1S/C15H17F3N4O2/c1-22(13-6-7-20-14(19)21-13)8-11(23)9-24-12-4-2-10(3-5-12)15(16,17)18/h2-7,11,23H,8-9H2,1H3,(H2,19,20,21). The van der Waals surface area contributed by atoms with E-state index in [4.69, 9.17) is 10.5 Å². The number of halogens is 3. The number of aliphatic hydroxyl groups excluding tert-OH is 1. The van der Waals surface area contributed by atoms with E-state index in [1.807, 2.05) is 0 Å². The molecule has 0 aliphatic carbocycles. The van der Waals surface area contributed by atoms with Gasteiger partial charge in [-0.2, -0.15) is 18.2 Å². The maximum absolute atomic E-state index is 12.5. The normalized spacial score (nSPS) is 12.7. The number of likely N-dealkylation sites (N-methyl/N-ethyl adjacent to an activating group) is 1. The first kappa shape index (κ1) is 17.8. The van der Waals surface area contributed by atoms with Crippen LogP contribution in [0.15, 0.2) is 36.5 Å². The third kappa shape index (κ3) is 4.98. The zero-order valence-electron chi connectivity index (χ0n) is 12.9. The number of hydrogen-bond acceptors (Lipinski definition) is 6. The Morgan fingerprint density at radius 3 is 2.50 bits per heavy atom. The highest BCUT2D eigenvalue weighted by atomic mass is 19.4. The van der Waals surface area contributed by atoms with Gasteiger partial charge in [0.05, 0.1) is 5.56 Å². The first-order chi connectivity index (χ1) is 11.3. The lowest BCUT2D eigenvalue weighted by Gasteiger charge is -2.22. The third-order valence-electron chi connectivity index (χ3n) is 3.16. The van der Waals surface area contributed by atoms with Crippen molar-refractivity contribution < 1.29 is 23.0 Å². The van der Waals surface area contributed by atoms with Gasteiger partial charge in [0.15, 0.2) is 0 Å². The van der Waals surface area contributed by atoms with Crippen LogP contribution in [0, 0.1) is 0 Å². The first-order valence-corrected chi connectivity index (χ1v) is 7.03. The van der Waals surface area contributed by atoms with Gasteiger partial charge in [0.2, 0.25) is 5.95 Å². The van der Waals surface area contributed by atoms with Crippen LogP contribution in [-0.4, -0.2) is 41.4 Å². The molecule has 9 heteroatoms. The molecule has 0 bridgehead atoms. The average Bonchev–Trinajstić information content (AvgIpc) is 2.52. The minimum atomic E-state index is -4.39. The fourth-order valence-corrected chi connectivity index (χ4v) is 1.97. The quantitative estimate of drug-likeness (QED) is 0.835. The monoisotopic (exact) mass is 342 g/mol. The van der Waals surface area contributed by atoms with Gasteiger partial charge in [-0.1, -0.05) is 0 Å². The van der Waals surface area contributed by atoms with Crippen LogP contribution in [0.4, 0.5) is 24.9 Å². The highest BCUT2D eigenvalue weighted by molar-refractivity contribution is 5.40. The summed E-state index contributed by atoms with van der Waals surface area (Å²) in [5, 5.41) is 9.97. The fraction of sp³-hybridized carbons (Fsp3) is 0.333. The summed E-state index contributed by atoms with van der Waals surface area (Å²) in [7, 11) is 1.71. The summed E-state index contributed by atoms with van der Waals surface area (Å²) >= 11 is 0. The summed E-state index contributed by atoms with van der Waals surface area (Å²) < 4.78 is 42.7. The van der Waals surface area contributed by atoms with Crippen LogP contribution in [0.2, 0.25) is 0 Å². The van der Waals surface area contributed by atoms with E-state index in [2.05, 4.69) is 9.97 Å². The van der Waals surface area contributed by atoms with E-state index in [0.717, 1.165) is 12.1 Å². The molecular weight excluding hydrogens is 325 g/mol. The molecule has 1 aromatic heterocycles. The Bertz CT molecular complexity index is 665. The van der Waals surface area contributed by atoms with Gasteiger partial charge in [0, 0.05) is 19.8 Å². The number of rotatable bonds is 6. The van der Waals surface area contributed by atoms with Gasteiger partial charge in [-0.3, -0.25) is 0 Å². The van der Waals surface area contributed by atoms with Gasteiger partial charge in [0.25, 0.3) is 0 Å². The number of nitrogens with zero attached hydrogens (tertiary/aromatic N) is 3. The second-order valence-corrected chi connectivity index (χ2v) is 5.14. The van der Waals surface area contributed by atoms with Crippen molar-refractivity contribution in [3.05, 3.63) is 42.1 Å². The van der Waals surface area contributed by atoms with Crippen LogP contribution in [-0.2, 0) is 6.18 Å². The molecule has 24 heavy (non-hydrogen) atoms. The molecule has 0 aliphatic heterocycles. The number of anilines is 2. The van der Waals surface area contributed by atoms with Crippen molar-refractivity contribution in [2.75, 3.05) is 30.8 Å². The Morgan fingerprint density at radius 2 is 1.92 bits per heavy atom. The number of ether oxygens (including phenoxy) is 1. The summed E-state index contributed by atoms with van der Waals surface area (Å²) in [6.45, 7) is 0.132. The van der Waals surface area contributed by atoms with Crippen molar-refractivity contribution in [2.45, 2.75) is 12.3 Å². The van der Waals surface area contributed by atoms with E-state index >= 15 is 0 Å². The molecule has 0 fully saturated rings. The topological polar surface area (TPSA) is 84.5 Å². The Hall–Kier alpha value is -2.55. The van der Waals surface area contributed by atoms with Crippen LogP contribution >= 0.6 is 0 Å². The Balaban J connectivity index is 1.85. The minimum absolute atomic E-state index is 0.0731. The Labute approximate surface area is 136 Å². The molecule has 1 heterocycles. The lowest BCUT2D eigenvalue weighted by molar-refractivity contribution is -0.137. The summed E-state index contributed by atoms with van der Waals surface area (Å²) in [6.07, 6.45) is -3.76. The van der Waals surface area contributed by atoms with Crippen molar-refractivity contribution in [2.24, 2.45) is 0 Å². The SMILES string of the molecule is CN(CC(O)COc1ccc(C(F)(F)F)cc1)c1ccnc(N)n1. The van der Waals surface area contributed by atoms with E-state index in [1.54, 1.807) is 18.0 Å². The fourth-order valence-electron chi connectivity index (χ4n) is 1.97. The Morgan fingerprint density at radius 1 is 1.25 bits per heavy atom. The molecule has 0 aliphatic rings. The molecule has 2 rings (SSSR count). The third-order valence-corrected chi connectivity index (χ3v) is 3.16. The zero-order valence-corrected chi connectivity index (χ0v) is 12.9. The smallest absolute Gasteiger partial charge is 0.416 e. The number of aromatic nitrogens is 2. The van der Waals surface area contributed by atoms with Crippen molar-refractivity contribution in [1.29, 1.82) is 0 Å². The number of nitrogens with two attached hydrogens (primary N) is 1. The van der Waals surface area contributed by atoms with Crippen molar-refractivity contribution >= 4 is 11.8 Å². The van der Waals surface area contributed by atoms with Gasteiger partial charge in [0.1, 0.15) is 24.3 Å². The van der Waals surface area contributed by atoms with Crippen LogP contribution in [0.25, 0.3) is 0 Å². The molecule has 0 radical (unpaired) electrons. The number of hydrogen-bond donors (Lipinski definition) is 2. The second-order valence-electron chi connectivity index (χ2n) is 5.14. The lowest BCUT2D eigenvalue weighted by Crippen LogP contribution is -2.33. The van der Waals surface area contributed by atoms with Crippen LogP contribution in [0.5, 0.6) is 5.75 Å². The predicted octanol–water partition coefficient (Wildman–Crippen LogP) is 1.95. The summed E-state index contributed by atoms with van der Waals surface area (Å²) in [5.41, 5.74) is 4.74. The summed E-state index contributed by atoms with van der Waals surface area (Å²) in [4.78, 5) is 9.45. The number of alkyl halides is 3. The van der Waals surface area contributed by atoms with E-state index < -0.39 is 17.8 Å². The summed E-state index contributed by atoms with van der Waals surface area (Å²) in [6, 6.07) is 5.92. The number of benzene rings is 1. The van der Waals surface area contributed by atoms with Crippen LogP contribution in [0.1, 0.15) is 5.56 Å². The largest absolute Gasteiger partial charge is 0.491 e. The highest BCUT2D eigenvalue weighted by Gasteiger charge is 2.30. The molecule has 0 saturated carbocycles. The lowest BCUT2D eigenvalue weighted by atomic mass is 10.2. The first-order valence-electron chi connectivity index (χ1n) is 7.03. The molecular formula is C15H17F3N4O2. The zero-order chi connectivity index (χ0) is 17.7. The maximum atomic E-state index is 12.5. The number of aliphatic hydroxyl groups is 1. The van der Waals surface area contributed by atoms with E-state index in [9.17, 15) is 18.3 Å². The number of nitrogen functional groups attached to an aromatic ring is 1. The van der Waals surface area contributed by atoms with Crippen LogP contribution in [0.3, 0.4) is 0 Å². The molecule has 0 amide bonds. The second kappa shape index (κ2) is 7.35. The minimum Gasteiger partial charge on any atom is -0.491 e. The highest BCUT2D eigenvalue weighted by Crippen LogP contribution is 2.30. The van der Waals surface area contributed by atoms with Crippen molar-refractivity contribution in [3.8, 4) is 5.75 Å². The van der Waals surface area contributed by atoms with Gasteiger partial charge in [-0.15, -0.1) is 0 Å². The van der Waals surface area contributed by atoms with Gasteiger partial charge >= 0.3 is 6.18 Å². The molecule has 1 unspecified atom stereocenters. The van der Waals surface area contributed by atoms with Gasteiger partial charge in [-0.25, -0.2) is 4.98 Å². The molecule has 6 nitrogen and oxygen atoms in total. The van der Waals surface area contributed by atoms with E-state index in [1.165, 1.54) is 18.3 Å². The molecule has 2 aromatic rings. The molecule has 130 valence electrons.